The lowest BCUT2D eigenvalue weighted by molar-refractivity contribution is -0.147. The van der Waals surface area contributed by atoms with E-state index in [1.807, 2.05) is 24.3 Å². The van der Waals surface area contributed by atoms with E-state index in [-0.39, 0.29) is 47.7 Å². The van der Waals surface area contributed by atoms with E-state index in [1.165, 1.54) is 19.2 Å². The highest BCUT2D eigenvalue weighted by atomic mass is 19.4. The number of nitrogens with one attached hydrogen (secondary N) is 1. The van der Waals surface area contributed by atoms with Crippen LogP contribution in [0.2, 0.25) is 0 Å². The topological polar surface area (TPSA) is 88.6 Å². The Morgan fingerprint density at radius 3 is 2.18 bits per heavy atom. The molecule has 0 atom stereocenters. The number of likely N-dealkylation sites (tertiary alicyclic amines) is 1. The van der Waals surface area contributed by atoms with Crippen LogP contribution in [0.5, 0.6) is 0 Å². The molecule has 10 heteroatoms. The van der Waals surface area contributed by atoms with Crippen molar-refractivity contribution in [3.8, 4) is 0 Å². The number of carbonyl (C=O) groups excluding carboxylic acids is 3. The molecular weight excluding hydrogens is 499 g/mol. The molecule has 1 saturated heterocycles. The number of ether oxygens (including phenoxy) is 1. The molecule has 0 spiro atoms. The summed E-state index contributed by atoms with van der Waals surface area (Å²) in [6.07, 6.45) is -0.583. The lowest BCUT2D eigenvalue weighted by Gasteiger charge is -2.32. The smallest absolute Gasteiger partial charge is 0.433 e. The second-order valence-corrected chi connectivity index (χ2v) is 10.0. The van der Waals surface area contributed by atoms with Crippen LogP contribution in [0.4, 0.5) is 18.9 Å². The van der Waals surface area contributed by atoms with Crippen molar-refractivity contribution in [1.29, 1.82) is 0 Å². The second kappa shape index (κ2) is 12.0. The van der Waals surface area contributed by atoms with Gasteiger partial charge < -0.3 is 15.0 Å². The minimum Gasteiger partial charge on any atom is -0.469 e. The van der Waals surface area contributed by atoms with E-state index in [9.17, 15) is 27.6 Å². The van der Waals surface area contributed by atoms with Crippen molar-refractivity contribution >= 4 is 23.5 Å². The molecular formula is C28H32F3N3O4. The summed E-state index contributed by atoms with van der Waals surface area (Å²) < 4.78 is 43.5. The SMILES string of the molecule is COC(=O)C1CCC(C(=O)Nc2ccc(C3CCN(C(=O)Cc4cccc(C(F)(F)F)n4)CC3)cc2)CC1. The Morgan fingerprint density at radius 2 is 1.58 bits per heavy atom. The second-order valence-electron chi connectivity index (χ2n) is 10.0. The van der Waals surface area contributed by atoms with Gasteiger partial charge in [-0.3, -0.25) is 14.4 Å². The van der Waals surface area contributed by atoms with Gasteiger partial charge in [0.2, 0.25) is 11.8 Å². The third-order valence-electron chi connectivity index (χ3n) is 7.56. The molecule has 2 amide bonds. The van der Waals surface area contributed by atoms with Crippen LogP contribution in [0.3, 0.4) is 0 Å². The Morgan fingerprint density at radius 1 is 0.947 bits per heavy atom. The average Bonchev–Trinajstić information content (AvgIpc) is 2.93. The number of amides is 2. The van der Waals surface area contributed by atoms with E-state index in [2.05, 4.69) is 10.3 Å². The van der Waals surface area contributed by atoms with Crippen molar-refractivity contribution in [3.63, 3.8) is 0 Å². The molecule has 1 saturated carbocycles. The fraction of sp³-hybridized carbons (Fsp3) is 0.500. The van der Waals surface area contributed by atoms with Gasteiger partial charge in [0.1, 0.15) is 5.69 Å². The maximum Gasteiger partial charge on any atom is 0.433 e. The number of esters is 1. The van der Waals surface area contributed by atoms with Crippen molar-refractivity contribution in [1.82, 2.24) is 9.88 Å². The van der Waals surface area contributed by atoms with Crippen LogP contribution in [0.1, 0.15) is 61.4 Å². The molecule has 2 heterocycles. The Kier molecular flexibility index (Phi) is 8.69. The number of hydrogen-bond acceptors (Lipinski definition) is 5. The number of aromatic nitrogens is 1. The van der Waals surface area contributed by atoms with Gasteiger partial charge in [-0.25, -0.2) is 4.98 Å². The van der Waals surface area contributed by atoms with E-state index < -0.39 is 11.9 Å². The Hall–Kier alpha value is -3.43. The van der Waals surface area contributed by atoms with Crippen LogP contribution in [0.25, 0.3) is 0 Å². The maximum absolute atomic E-state index is 12.9. The zero-order chi connectivity index (χ0) is 27.3. The molecule has 2 aromatic rings. The van der Waals surface area contributed by atoms with Crippen molar-refractivity contribution in [2.45, 2.75) is 57.0 Å². The molecule has 1 aromatic carbocycles. The van der Waals surface area contributed by atoms with E-state index in [4.69, 9.17) is 4.74 Å². The fourth-order valence-electron chi connectivity index (χ4n) is 5.31. The highest BCUT2D eigenvalue weighted by molar-refractivity contribution is 5.92. The van der Waals surface area contributed by atoms with E-state index in [1.54, 1.807) is 4.90 Å². The van der Waals surface area contributed by atoms with Gasteiger partial charge in [-0.2, -0.15) is 13.2 Å². The number of pyridine rings is 1. The highest BCUT2D eigenvalue weighted by Gasteiger charge is 2.33. The molecule has 0 unspecified atom stereocenters. The summed E-state index contributed by atoms with van der Waals surface area (Å²) in [5.41, 5.74) is 0.955. The van der Waals surface area contributed by atoms with E-state index in [0.717, 1.165) is 30.2 Å². The van der Waals surface area contributed by atoms with Crippen molar-refractivity contribution in [2.24, 2.45) is 11.8 Å². The summed E-state index contributed by atoms with van der Waals surface area (Å²) in [6, 6.07) is 11.3. The first kappa shape index (κ1) is 27.6. The molecule has 204 valence electrons. The van der Waals surface area contributed by atoms with Gasteiger partial charge in [0.05, 0.1) is 25.1 Å². The molecule has 0 radical (unpaired) electrons. The number of rotatable bonds is 6. The van der Waals surface area contributed by atoms with Crippen molar-refractivity contribution in [2.75, 3.05) is 25.5 Å². The molecule has 0 bridgehead atoms. The molecule has 1 aromatic heterocycles. The van der Waals surface area contributed by atoms with Gasteiger partial charge in [0.25, 0.3) is 0 Å². The van der Waals surface area contributed by atoms with Gasteiger partial charge in [0.15, 0.2) is 0 Å². The summed E-state index contributed by atoms with van der Waals surface area (Å²) in [5, 5.41) is 2.97. The first-order valence-corrected chi connectivity index (χ1v) is 12.9. The highest BCUT2D eigenvalue weighted by Crippen LogP contribution is 2.32. The largest absolute Gasteiger partial charge is 0.469 e. The van der Waals surface area contributed by atoms with Crippen molar-refractivity contribution in [3.05, 3.63) is 59.4 Å². The molecule has 1 N–H and O–H groups in total. The van der Waals surface area contributed by atoms with Crippen LogP contribution < -0.4 is 5.32 Å². The monoisotopic (exact) mass is 531 g/mol. The molecule has 2 fully saturated rings. The normalized spacial score (nSPS) is 20.6. The van der Waals surface area contributed by atoms with Gasteiger partial charge in [-0.05, 0) is 74.3 Å². The van der Waals surface area contributed by atoms with Crippen LogP contribution in [0, 0.1) is 11.8 Å². The van der Waals surface area contributed by atoms with Crippen molar-refractivity contribution < 1.29 is 32.3 Å². The van der Waals surface area contributed by atoms with E-state index >= 15 is 0 Å². The third kappa shape index (κ3) is 6.90. The quantitative estimate of drug-likeness (QED) is 0.532. The standard InChI is InChI=1S/C28H32F3N3O4/c1-38-27(37)21-7-5-20(6-8-21)26(36)33-22-11-9-18(10-12-22)19-13-15-34(16-14-19)25(35)17-23-3-2-4-24(32-23)28(29,30)31/h2-4,9-12,19-21H,5-8,13-17H2,1H3,(H,33,36). The number of benzene rings is 1. The van der Waals surface area contributed by atoms with Gasteiger partial charge in [-0.1, -0.05) is 18.2 Å². The summed E-state index contributed by atoms with van der Waals surface area (Å²) in [4.78, 5) is 42.3. The maximum atomic E-state index is 12.9. The lowest BCUT2D eigenvalue weighted by atomic mass is 9.81. The lowest BCUT2D eigenvalue weighted by Crippen LogP contribution is -2.39. The first-order chi connectivity index (χ1) is 18.1. The first-order valence-electron chi connectivity index (χ1n) is 12.9. The molecule has 1 aliphatic heterocycles. The van der Waals surface area contributed by atoms with Crippen LogP contribution >= 0.6 is 0 Å². The number of piperidine rings is 1. The summed E-state index contributed by atoms with van der Waals surface area (Å²) in [6.45, 7) is 1.05. The molecule has 4 rings (SSSR count). The number of methoxy groups -OCH3 is 1. The van der Waals surface area contributed by atoms with Crippen LogP contribution in [-0.4, -0.2) is 47.9 Å². The van der Waals surface area contributed by atoms with Gasteiger partial charge in [0, 0.05) is 24.7 Å². The van der Waals surface area contributed by atoms with Gasteiger partial charge in [-0.15, -0.1) is 0 Å². The predicted octanol–water partition coefficient (Wildman–Crippen LogP) is 4.97. The third-order valence-corrected chi connectivity index (χ3v) is 7.56. The molecule has 7 nitrogen and oxygen atoms in total. The number of anilines is 1. The zero-order valence-electron chi connectivity index (χ0n) is 21.3. The number of carbonyl (C=O) groups is 3. The Bertz CT molecular complexity index is 1140. The average molecular weight is 532 g/mol. The number of hydrogen-bond donors (Lipinski definition) is 1. The predicted molar refractivity (Wildman–Crippen MR) is 134 cm³/mol. The molecule has 38 heavy (non-hydrogen) atoms. The summed E-state index contributed by atoms with van der Waals surface area (Å²) >= 11 is 0. The van der Waals surface area contributed by atoms with Crippen LogP contribution in [0.15, 0.2) is 42.5 Å². The zero-order valence-corrected chi connectivity index (χ0v) is 21.3. The molecule has 2 aliphatic rings. The number of halogens is 3. The van der Waals surface area contributed by atoms with Crippen LogP contribution in [-0.2, 0) is 31.7 Å². The number of nitrogens with zero attached hydrogens (tertiary/aromatic N) is 2. The summed E-state index contributed by atoms with van der Waals surface area (Å²) in [5.74, 6) is -0.463. The minimum atomic E-state index is -4.54. The molecule has 1 aliphatic carbocycles. The Balaban J connectivity index is 1.24. The summed E-state index contributed by atoms with van der Waals surface area (Å²) in [7, 11) is 1.38. The van der Waals surface area contributed by atoms with E-state index in [0.29, 0.717) is 38.8 Å². The Labute approximate surface area is 219 Å². The fourth-order valence-corrected chi connectivity index (χ4v) is 5.31. The minimum absolute atomic E-state index is 0.0388. The van der Waals surface area contributed by atoms with Gasteiger partial charge >= 0.3 is 12.1 Å². The number of alkyl halides is 3.